The van der Waals surface area contributed by atoms with E-state index < -0.39 is 10.0 Å². The van der Waals surface area contributed by atoms with Gasteiger partial charge in [-0.25, -0.2) is 8.42 Å². The molecule has 0 aromatic heterocycles. The SMILES string of the molecule is CCCS(=O)(=O)N(C)CC(=O)Nc1ccccc1. The summed E-state index contributed by atoms with van der Waals surface area (Å²) < 4.78 is 24.4. The van der Waals surface area contributed by atoms with Crippen LogP contribution in [0.4, 0.5) is 5.69 Å². The molecule has 1 N–H and O–H groups in total. The molecule has 0 saturated carbocycles. The first-order valence-electron chi connectivity index (χ1n) is 5.74. The lowest BCUT2D eigenvalue weighted by Gasteiger charge is -2.16. The molecule has 0 fully saturated rings. The van der Waals surface area contributed by atoms with Crippen LogP contribution in [0.5, 0.6) is 0 Å². The average molecular weight is 270 g/mol. The Labute approximate surface area is 108 Å². The maximum Gasteiger partial charge on any atom is 0.239 e. The van der Waals surface area contributed by atoms with Crippen molar-refractivity contribution in [3.05, 3.63) is 30.3 Å². The lowest BCUT2D eigenvalue weighted by atomic mass is 10.3. The molecule has 0 radical (unpaired) electrons. The van der Waals surface area contributed by atoms with E-state index in [0.717, 1.165) is 4.31 Å². The van der Waals surface area contributed by atoms with Crippen LogP contribution in [0.15, 0.2) is 30.3 Å². The Balaban J connectivity index is 2.55. The number of hydrogen-bond donors (Lipinski definition) is 1. The van der Waals surface area contributed by atoms with Gasteiger partial charge in [0.1, 0.15) is 0 Å². The van der Waals surface area contributed by atoms with Crippen LogP contribution in [0.2, 0.25) is 0 Å². The topological polar surface area (TPSA) is 66.5 Å². The van der Waals surface area contributed by atoms with E-state index in [1.54, 1.807) is 31.2 Å². The maximum absolute atomic E-state index is 11.7. The summed E-state index contributed by atoms with van der Waals surface area (Å²) in [5.41, 5.74) is 0.656. The number of carbonyl (C=O) groups excluding carboxylic acids is 1. The number of nitrogens with one attached hydrogen (secondary N) is 1. The third kappa shape index (κ3) is 4.46. The van der Waals surface area contributed by atoms with Gasteiger partial charge in [0.05, 0.1) is 12.3 Å². The van der Waals surface area contributed by atoms with Gasteiger partial charge in [0, 0.05) is 12.7 Å². The van der Waals surface area contributed by atoms with Crippen LogP contribution in [-0.2, 0) is 14.8 Å². The monoisotopic (exact) mass is 270 g/mol. The molecule has 0 bridgehead atoms. The van der Waals surface area contributed by atoms with Crippen LogP contribution >= 0.6 is 0 Å². The third-order valence-electron chi connectivity index (χ3n) is 2.36. The summed E-state index contributed by atoms with van der Waals surface area (Å²) >= 11 is 0. The van der Waals surface area contributed by atoms with Crippen molar-refractivity contribution in [3.8, 4) is 0 Å². The van der Waals surface area contributed by atoms with E-state index in [-0.39, 0.29) is 18.2 Å². The number of benzene rings is 1. The third-order valence-corrected chi connectivity index (χ3v) is 4.36. The summed E-state index contributed by atoms with van der Waals surface area (Å²) in [5, 5.41) is 2.64. The fourth-order valence-corrected chi connectivity index (χ4v) is 2.58. The van der Waals surface area contributed by atoms with Gasteiger partial charge < -0.3 is 5.32 Å². The molecule has 1 aromatic carbocycles. The molecule has 1 aromatic rings. The van der Waals surface area contributed by atoms with Crippen LogP contribution in [0.25, 0.3) is 0 Å². The molecule has 6 heteroatoms. The highest BCUT2D eigenvalue weighted by Crippen LogP contribution is 2.06. The number of nitrogens with zero attached hydrogens (tertiary/aromatic N) is 1. The molecule has 0 spiro atoms. The van der Waals surface area contributed by atoms with E-state index in [4.69, 9.17) is 0 Å². The summed E-state index contributed by atoms with van der Waals surface area (Å²) in [6.45, 7) is 1.62. The Morgan fingerprint density at radius 2 is 1.89 bits per heavy atom. The number of sulfonamides is 1. The van der Waals surface area contributed by atoms with Crippen molar-refractivity contribution in [2.75, 3.05) is 24.7 Å². The zero-order chi connectivity index (χ0) is 13.6. The predicted octanol–water partition coefficient (Wildman–Crippen LogP) is 1.30. The van der Waals surface area contributed by atoms with Crippen LogP contribution in [0.3, 0.4) is 0 Å². The van der Waals surface area contributed by atoms with Crippen molar-refractivity contribution in [1.29, 1.82) is 0 Å². The second-order valence-electron chi connectivity index (χ2n) is 3.99. The predicted molar refractivity (Wildman–Crippen MR) is 71.8 cm³/mol. The largest absolute Gasteiger partial charge is 0.325 e. The van der Waals surface area contributed by atoms with Gasteiger partial charge in [0.15, 0.2) is 0 Å². The normalized spacial score (nSPS) is 11.5. The molecule has 100 valence electrons. The van der Waals surface area contributed by atoms with Crippen molar-refractivity contribution in [2.24, 2.45) is 0 Å². The number of hydrogen-bond acceptors (Lipinski definition) is 3. The molecule has 0 aliphatic heterocycles. The Kier molecular flexibility index (Phi) is 5.30. The lowest BCUT2D eigenvalue weighted by molar-refractivity contribution is -0.116. The van der Waals surface area contributed by atoms with Gasteiger partial charge in [-0.15, -0.1) is 0 Å². The van der Waals surface area contributed by atoms with Gasteiger partial charge in [-0.1, -0.05) is 25.1 Å². The summed E-state index contributed by atoms with van der Waals surface area (Å²) in [6.07, 6.45) is 0.535. The van der Waals surface area contributed by atoms with E-state index >= 15 is 0 Å². The van der Waals surface area contributed by atoms with Crippen molar-refractivity contribution in [2.45, 2.75) is 13.3 Å². The fourth-order valence-electron chi connectivity index (χ4n) is 1.44. The summed E-state index contributed by atoms with van der Waals surface area (Å²) in [6, 6.07) is 8.94. The minimum atomic E-state index is -3.33. The first-order chi connectivity index (χ1) is 8.45. The molecular formula is C12H18N2O3S. The molecule has 0 heterocycles. The number of likely N-dealkylation sites (N-methyl/N-ethyl adjacent to an activating group) is 1. The summed E-state index contributed by atoms with van der Waals surface area (Å²) in [4.78, 5) is 11.7. The summed E-state index contributed by atoms with van der Waals surface area (Å²) in [7, 11) is -1.91. The van der Waals surface area contributed by atoms with Gasteiger partial charge in [-0.3, -0.25) is 4.79 Å². The van der Waals surface area contributed by atoms with Crippen molar-refractivity contribution in [3.63, 3.8) is 0 Å². The molecule has 0 atom stereocenters. The molecule has 0 aliphatic carbocycles. The minimum absolute atomic E-state index is 0.0577. The quantitative estimate of drug-likeness (QED) is 0.847. The smallest absolute Gasteiger partial charge is 0.239 e. The van der Waals surface area contributed by atoms with Crippen molar-refractivity contribution >= 4 is 21.6 Å². The number of para-hydroxylation sites is 1. The average Bonchev–Trinajstić information content (AvgIpc) is 2.29. The second kappa shape index (κ2) is 6.51. The number of rotatable bonds is 6. The molecular weight excluding hydrogens is 252 g/mol. The molecule has 0 aliphatic rings. The van der Waals surface area contributed by atoms with Crippen LogP contribution in [-0.4, -0.2) is 38.0 Å². The van der Waals surface area contributed by atoms with Gasteiger partial charge in [-0.05, 0) is 18.6 Å². The van der Waals surface area contributed by atoms with Crippen molar-refractivity contribution < 1.29 is 13.2 Å². The first-order valence-corrected chi connectivity index (χ1v) is 7.35. The van der Waals surface area contributed by atoms with E-state index in [2.05, 4.69) is 5.32 Å². The van der Waals surface area contributed by atoms with Gasteiger partial charge >= 0.3 is 0 Å². The minimum Gasteiger partial charge on any atom is -0.325 e. The highest BCUT2D eigenvalue weighted by molar-refractivity contribution is 7.89. The molecule has 1 rings (SSSR count). The molecule has 0 unspecified atom stereocenters. The lowest BCUT2D eigenvalue weighted by Crippen LogP contribution is -2.36. The van der Waals surface area contributed by atoms with Crippen molar-refractivity contribution in [1.82, 2.24) is 4.31 Å². The maximum atomic E-state index is 11.7. The van der Waals surface area contributed by atoms with E-state index in [9.17, 15) is 13.2 Å². The Morgan fingerprint density at radius 1 is 1.28 bits per heavy atom. The molecule has 1 amide bonds. The summed E-state index contributed by atoms with van der Waals surface area (Å²) in [5.74, 6) is -0.286. The molecule has 18 heavy (non-hydrogen) atoms. The Hall–Kier alpha value is -1.40. The zero-order valence-electron chi connectivity index (χ0n) is 10.6. The molecule has 0 saturated heterocycles. The van der Waals surface area contributed by atoms with Gasteiger partial charge in [0.25, 0.3) is 0 Å². The first kappa shape index (κ1) is 14.7. The highest BCUT2D eigenvalue weighted by Gasteiger charge is 2.19. The Morgan fingerprint density at radius 3 is 2.44 bits per heavy atom. The fraction of sp³-hybridized carbons (Fsp3) is 0.417. The van der Waals surface area contributed by atoms with Crippen LogP contribution < -0.4 is 5.32 Å². The Bertz CT molecular complexity index is 485. The zero-order valence-corrected chi connectivity index (χ0v) is 11.4. The van der Waals surface area contributed by atoms with E-state index in [0.29, 0.717) is 12.1 Å². The van der Waals surface area contributed by atoms with Crippen LogP contribution in [0, 0.1) is 0 Å². The number of carbonyl (C=O) groups is 1. The highest BCUT2D eigenvalue weighted by atomic mass is 32.2. The molecule has 5 nitrogen and oxygen atoms in total. The number of anilines is 1. The standard InChI is InChI=1S/C12H18N2O3S/c1-3-9-18(16,17)14(2)10-12(15)13-11-7-5-4-6-8-11/h4-8H,3,9-10H2,1-2H3,(H,13,15). The van der Waals surface area contributed by atoms with E-state index in [1.165, 1.54) is 7.05 Å². The number of amides is 1. The van der Waals surface area contributed by atoms with Gasteiger partial charge in [-0.2, -0.15) is 4.31 Å². The van der Waals surface area contributed by atoms with Gasteiger partial charge in [0.2, 0.25) is 15.9 Å². The van der Waals surface area contributed by atoms with E-state index in [1.807, 2.05) is 6.07 Å². The van der Waals surface area contributed by atoms with Crippen LogP contribution in [0.1, 0.15) is 13.3 Å². The second-order valence-corrected chi connectivity index (χ2v) is 6.18.